The van der Waals surface area contributed by atoms with Crippen LogP contribution in [0, 0.1) is 5.92 Å². The summed E-state index contributed by atoms with van der Waals surface area (Å²) in [5, 5.41) is 2.77. The minimum Gasteiger partial charge on any atom is -0.509 e. The Morgan fingerprint density at radius 1 is 1.19 bits per heavy atom. The maximum absolute atomic E-state index is 13.6. The van der Waals surface area contributed by atoms with Crippen LogP contribution in [-0.4, -0.2) is 60.0 Å². The van der Waals surface area contributed by atoms with Crippen molar-refractivity contribution in [2.24, 2.45) is 5.92 Å². The number of nitrogens with zero attached hydrogens (tertiary/aromatic N) is 2. The number of hydrogen-bond donors (Lipinski definition) is 1. The number of amides is 1. The molecule has 1 aliphatic rings. The molecule has 0 saturated carbocycles. The summed E-state index contributed by atoms with van der Waals surface area (Å²) >= 11 is 0. The van der Waals surface area contributed by atoms with Gasteiger partial charge < -0.3 is 19.4 Å². The normalized spacial score (nSPS) is 17.2. The third kappa shape index (κ3) is 7.71. The lowest BCUT2D eigenvalue weighted by molar-refractivity contribution is -0.159. The van der Waals surface area contributed by atoms with Crippen LogP contribution >= 0.6 is 0 Å². The number of carbonyl (C=O) groups is 4. The van der Waals surface area contributed by atoms with Crippen molar-refractivity contribution >= 4 is 30.7 Å². The first kappa shape index (κ1) is 27.0. The molecule has 1 fully saturated rings. The Morgan fingerprint density at radius 2 is 1.94 bits per heavy atom. The second-order valence-electron chi connectivity index (χ2n) is 9.08. The molecule has 10 nitrogen and oxygen atoms in total. The Morgan fingerprint density at radius 3 is 2.58 bits per heavy atom. The van der Waals surface area contributed by atoms with Crippen molar-refractivity contribution in [3.8, 4) is 0 Å². The van der Waals surface area contributed by atoms with Gasteiger partial charge in [0.25, 0.3) is 11.9 Å². The number of ketones is 1. The molecule has 0 aliphatic carbocycles. The molecule has 2 heterocycles. The molecule has 1 aromatic heterocycles. The summed E-state index contributed by atoms with van der Waals surface area (Å²) in [4.78, 5) is 58.5. The second kappa shape index (κ2) is 12.9. The highest BCUT2D eigenvalue weighted by atomic mass is 16.6. The number of rotatable bonds is 11. The maximum atomic E-state index is 13.6. The van der Waals surface area contributed by atoms with Crippen LogP contribution in [0.1, 0.15) is 49.2 Å². The largest absolute Gasteiger partial charge is 0.531 e. The van der Waals surface area contributed by atoms with Gasteiger partial charge in [0.05, 0.1) is 25.8 Å². The van der Waals surface area contributed by atoms with Gasteiger partial charge in [0.15, 0.2) is 11.9 Å². The summed E-state index contributed by atoms with van der Waals surface area (Å²) in [5.41, 5.74) is 0.953. The molecule has 1 N–H and O–H groups in total. The van der Waals surface area contributed by atoms with Crippen LogP contribution in [0.25, 0.3) is 0 Å². The number of esters is 1. The van der Waals surface area contributed by atoms with Gasteiger partial charge in [0, 0.05) is 24.6 Å². The lowest BCUT2D eigenvalue weighted by Gasteiger charge is -2.31. The van der Waals surface area contributed by atoms with E-state index in [1.54, 1.807) is 0 Å². The molecule has 2 aromatic rings. The van der Waals surface area contributed by atoms with E-state index in [9.17, 15) is 19.2 Å². The smallest absolute Gasteiger partial charge is 0.509 e. The monoisotopic (exact) mass is 495 g/mol. The molecular formula is C25H30BN3O7. The summed E-state index contributed by atoms with van der Waals surface area (Å²) in [5.74, 6) is -2.44. The SMILES string of the molecule is COC(=O)[C@H]1CC(=O)OB([C@@H](CC(=O)[C@H](Cc2ccccc2)NC(=O)c2cnccn2)CC(C)C)O1. The van der Waals surface area contributed by atoms with Gasteiger partial charge in [0.1, 0.15) is 5.69 Å². The molecule has 190 valence electrons. The average Bonchev–Trinajstić information content (AvgIpc) is 2.87. The molecule has 1 saturated heterocycles. The first-order valence-corrected chi connectivity index (χ1v) is 11.8. The Bertz CT molecular complexity index is 1050. The Kier molecular flexibility index (Phi) is 9.69. The van der Waals surface area contributed by atoms with Crippen LogP contribution < -0.4 is 5.32 Å². The molecule has 1 aliphatic heterocycles. The summed E-state index contributed by atoms with van der Waals surface area (Å²) in [6, 6.07) is 8.44. The van der Waals surface area contributed by atoms with E-state index in [0.29, 0.717) is 6.42 Å². The van der Waals surface area contributed by atoms with Crippen LogP contribution in [0.2, 0.25) is 5.82 Å². The van der Waals surface area contributed by atoms with E-state index < -0.39 is 42.9 Å². The molecule has 3 atom stereocenters. The van der Waals surface area contributed by atoms with Gasteiger partial charge >= 0.3 is 13.1 Å². The van der Waals surface area contributed by atoms with Gasteiger partial charge in [-0.1, -0.05) is 44.2 Å². The minimum atomic E-state index is -1.09. The molecular weight excluding hydrogens is 465 g/mol. The molecule has 0 bridgehead atoms. The lowest BCUT2D eigenvalue weighted by Crippen LogP contribution is -2.48. The predicted molar refractivity (Wildman–Crippen MR) is 130 cm³/mol. The van der Waals surface area contributed by atoms with Crippen LogP contribution in [0.4, 0.5) is 0 Å². The number of aromatic nitrogens is 2. The summed E-state index contributed by atoms with van der Waals surface area (Å²) in [7, 11) is 0.124. The molecule has 0 radical (unpaired) electrons. The van der Waals surface area contributed by atoms with E-state index in [4.69, 9.17) is 14.0 Å². The van der Waals surface area contributed by atoms with Crippen LogP contribution in [0.3, 0.4) is 0 Å². The fourth-order valence-electron chi connectivity index (χ4n) is 4.09. The highest BCUT2D eigenvalue weighted by Gasteiger charge is 2.45. The standard InChI is InChI=1S/C25H30BN3O7/c1-16(2)11-18(26-35-22(25(33)34-3)14-23(31)36-26)13-21(30)19(12-17-7-5-4-6-8-17)29-24(32)20-15-27-9-10-28-20/h4-10,15-16,18-19,22H,11-14H2,1-3H3,(H,29,32)/t18-,19+,22-/m1/s1. The van der Waals surface area contributed by atoms with Gasteiger partial charge in [0.2, 0.25) is 0 Å². The van der Waals surface area contributed by atoms with Crippen LogP contribution in [-0.2, 0) is 34.9 Å². The zero-order valence-corrected chi connectivity index (χ0v) is 20.6. The second-order valence-corrected chi connectivity index (χ2v) is 9.08. The minimum absolute atomic E-state index is 0.0394. The van der Waals surface area contributed by atoms with Crippen molar-refractivity contribution in [1.82, 2.24) is 15.3 Å². The van der Waals surface area contributed by atoms with E-state index in [1.165, 1.54) is 25.7 Å². The van der Waals surface area contributed by atoms with Crippen LogP contribution in [0.15, 0.2) is 48.9 Å². The molecule has 0 unspecified atom stereocenters. The van der Waals surface area contributed by atoms with E-state index in [2.05, 4.69) is 15.3 Å². The van der Waals surface area contributed by atoms with Gasteiger partial charge in [-0.05, 0) is 24.3 Å². The fraction of sp³-hybridized carbons (Fsp3) is 0.440. The zero-order chi connectivity index (χ0) is 26.1. The van der Waals surface area contributed by atoms with E-state index >= 15 is 0 Å². The zero-order valence-electron chi connectivity index (χ0n) is 20.6. The molecule has 3 rings (SSSR count). The van der Waals surface area contributed by atoms with E-state index in [1.807, 2.05) is 44.2 Å². The third-order valence-electron chi connectivity index (χ3n) is 5.76. The number of carbonyl (C=O) groups excluding carboxylic acids is 4. The van der Waals surface area contributed by atoms with Gasteiger partial charge in [-0.25, -0.2) is 9.78 Å². The van der Waals surface area contributed by atoms with E-state index in [-0.39, 0.29) is 36.7 Å². The summed E-state index contributed by atoms with van der Waals surface area (Å²) < 4.78 is 15.9. The number of benzene rings is 1. The Balaban J connectivity index is 1.81. The van der Waals surface area contributed by atoms with Crippen molar-refractivity contribution in [3.05, 3.63) is 60.2 Å². The van der Waals surface area contributed by atoms with Crippen LogP contribution in [0.5, 0.6) is 0 Å². The van der Waals surface area contributed by atoms with E-state index in [0.717, 1.165) is 5.56 Å². The summed E-state index contributed by atoms with van der Waals surface area (Å²) in [6.07, 6.45) is 3.54. The molecule has 11 heteroatoms. The number of methoxy groups -OCH3 is 1. The average molecular weight is 495 g/mol. The van der Waals surface area contributed by atoms with Gasteiger partial charge in [-0.3, -0.25) is 19.4 Å². The van der Waals surface area contributed by atoms with Gasteiger partial charge in [-0.2, -0.15) is 0 Å². The maximum Gasteiger partial charge on any atom is 0.531 e. The molecule has 1 aromatic carbocycles. The predicted octanol–water partition coefficient (Wildman–Crippen LogP) is 2.19. The molecule has 0 spiro atoms. The number of nitrogens with one attached hydrogen (secondary N) is 1. The first-order valence-electron chi connectivity index (χ1n) is 11.8. The lowest BCUT2D eigenvalue weighted by atomic mass is 9.64. The molecule has 1 amide bonds. The highest BCUT2D eigenvalue weighted by Crippen LogP contribution is 2.31. The molecule has 36 heavy (non-hydrogen) atoms. The Hall–Kier alpha value is -3.60. The topological polar surface area (TPSA) is 134 Å². The quantitative estimate of drug-likeness (QED) is 0.368. The third-order valence-corrected chi connectivity index (χ3v) is 5.76. The highest BCUT2D eigenvalue weighted by molar-refractivity contribution is 6.50. The number of ether oxygens (including phenoxy) is 1. The van der Waals surface area contributed by atoms with Crippen molar-refractivity contribution in [1.29, 1.82) is 0 Å². The number of Topliss-reactive ketones (excluding diaryl/α,β-unsaturated/α-hetero) is 1. The fourth-order valence-corrected chi connectivity index (χ4v) is 4.09. The van der Waals surface area contributed by atoms with Gasteiger partial charge in [-0.15, -0.1) is 0 Å². The Labute approximate surface area is 210 Å². The summed E-state index contributed by atoms with van der Waals surface area (Å²) in [6.45, 7) is 3.94. The van der Waals surface area contributed by atoms with Crippen molar-refractivity contribution in [3.63, 3.8) is 0 Å². The number of hydrogen-bond acceptors (Lipinski definition) is 9. The van der Waals surface area contributed by atoms with Crippen molar-refractivity contribution in [2.45, 2.75) is 57.5 Å². The first-order chi connectivity index (χ1) is 17.3. The van der Waals surface area contributed by atoms with Crippen molar-refractivity contribution in [2.75, 3.05) is 7.11 Å². The van der Waals surface area contributed by atoms with Crippen molar-refractivity contribution < 1.29 is 33.2 Å².